The molecule has 5 heterocycles. The molecule has 60 heavy (non-hydrogen) atoms. The summed E-state index contributed by atoms with van der Waals surface area (Å²) in [5.41, 5.74) is 10.1. The van der Waals surface area contributed by atoms with Gasteiger partial charge >= 0.3 is 0 Å². The number of hydrogen-bond donors (Lipinski definition) is 4. The van der Waals surface area contributed by atoms with Crippen molar-refractivity contribution in [1.82, 2.24) is 40.4 Å². The summed E-state index contributed by atoms with van der Waals surface area (Å²) in [6.45, 7) is 14.1. The van der Waals surface area contributed by atoms with Gasteiger partial charge in [0.15, 0.2) is 0 Å². The van der Waals surface area contributed by atoms with Crippen molar-refractivity contribution in [3.8, 4) is 28.1 Å². The van der Waals surface area contributed by atoms with Gasteiger partial charge in [-0.25, -0.2) is 5.43 Å². The van der Waals surface area contributed by atoms with Gasteiger partial charge in [0.05, 0.1) is 30.7 Å². The fourth-order valence-corrected chi connectivity index (χ4v) is 9.49. The Hall–Kier alpha value is -5.31. The monoisotopic (exact) mass is 820 g/mol. The minimum atomic E-state index is -1.07. The number of nitrogens with one attached hydrogen (secondary N) is 3. The fraction of sp³-hybridized carbons (Fsp3) is 0.500. The summed E-state index contributed by atoms with van der Waals surface area (Å²) in [6, 6.07) is 13.1. The molecule has 6 bridgehead atoms. The Balaban J connectivity index is 1.39. The largest absolute Gasteiger partial charge is 0.508 e. The van der Waals surface area contributed by atoms with E-state index in [-0.39, 0.29) is 49.2 Å². The number of benzene rings is 2. The van der Waals surface area contributed by atoms with E-state index in [9.17, 15) is 24.3 Å². The third kappa shape index (κ3) is 8.50. The van der Waals surface area contributed by atoms with Crippen molar-refractivity contribution >= 4 is 34.5 Å². The molecule has 2 fully saturated rings. The van der Waals surface area contributed by atoms with Gasteiger partial charge in [0, 0.05) is 62.9 Å². The lowest BCUT2D eigenvalue weighted by Gasteiger charge is -2.39. The van der Waals surface area contributed by atoms with Crippen LogP contribution in [-0.4, -0.2) is 112 Å². The van der Waals surface area contributed by atoms with E-state index in [0.29, 0.717) is 44.5 Å². The normalized spacial score (nSPS) is 21.1. The van der Waals surface area contributed by atoms with Gasteiger partial charge in [-0.1, -0.05) is 39.8 Å². The molecule has 2 aromatic carbocycles. The number of aromatic hydroxyl groups is 1. The molecule has 0 radical (unpaired) electrons. The zero-order valence-electron chi connectivity index (χ0n) is 36.2. The number of pyridine rings is 1. The molecular formula is C46H60N8O6. The van der Waals surface area contributed by atoms with Crippen LogP contribution in [0.5, 0.6) is 5.75 Å². The maximum absolute atomic E-state index is 14.6. The SMILES string of the molecule is CCn1c(-c2cccnc2[C@H](C)OC)c2c3cc(ccc31)-c1cc(O)cc(c1)C[C@H](NC(=O)[C@H](C(C)C)N1CNCC1=O)C(=O)N1CCC[C@H](N1)C(=O)N(C)CC(C)(C)C2. The van der Waals surface area contributed by atoms with Gasteiger partial charge < -0.3 is 29.5 Å². The second-order valence-electron chi connectivity index (χ2n) is 17.8. The molecule has 14 heteroatoms. The average Bonchev–Trinajstić information content (AvgIpc) is 3.77. The lowest BCUT2D eigenvalue weighted by Crippen LogP contribution is -2.63. The molecule has 2 aromatic heterocycles. The number of fused-ring (bicyclic) bond motifs is 6. The van der Waals surface area contributed by atoms with Crippen LogP contribution in [0.1, 0.15) is 77.3 Å². The number of phenols is 1. The molecule has 3 aliphatic heterocycles. The Morgan fingerprint density at radius 1 is 1.07 bits per heavy atom. The Labute approximate surface area is 352 Å². The highest BCUT2D eigenvalue weighted by atomic mass is 16.5. The van der Waals surface area contributed by atoms with Crippen LogP contribution in [0.4, 0.5) is 0 Å². The van der Waals surface area contributed by atoms with Gasteiger partial charge in [-0.15, -0.1) is 0 Å². The summed E-state index contributed by atoms with van der Waals surface area (Å²) < 4.78 is 8.15. The van der Waals surface area contributed by atoms with E-state index in [1.54, 1.807) is 30.3 Å². The lowest BCUT2D eigenvalue weighted by atomic mass is 9.82. The Bertz CT molecular complexity index is 2290. The summed E-state index contributed by atoms with van der Waals surface area (Å²) >= 11 is 0. The standard InChI is InChI=1S/C46H60N8O6/c1-9-52-38-15-14-30-22-34(38)35(42(52)33-12-10-16-48-40(33)28(4)60-8)23-46(5,6)25-51(7)44(58)36-13-11-17-54(50-36)45(59)37(20-29-18-31(30)21-32(55)19-29)49-43(57)41(27(2)3)53-26-47-24-39(53)56/h10,12,14-16,18-19,21-22,27-28,36-37,41,47,50,55H,9,11,13,17,20,23-26H2,1-8H3,(H,49,57)/t28-,36-,37-,41-/m0/s1. The van der Waals surface area contributed by atoms with Gasteiger partial charge in [0.25, 0.3) is 5.91 Å². The molecule has 0 saturated carbocycles. The van der Waals surface area contributed by atoms with Crippen molar-refractivity contribution in [2.75, 3.05) is 40.5 Å². The van der Waals surface area contributed by atoms with Crippen LogP contribution in [0.25, 0.3) is 33.3 Å². The number of carbonyl (C=O) groups excluding carboxylic acids is 4. The number of hydrogen-bond acceptors (Lipinski definition) is 9. The highest BCUT2D eigenvalue weighted by Gasteiger charge is 2.39. The first kappa shape index (κ1) is 42.8. The molecule has 0 aliphatic carbocycles. The highest BCUT2D eigenvalue weighted by molar-refractivity contribution is 5.96. The van der Waals surface area contributed by atoms with Crippen LogP contribution in [0.3, 0.4) is 0 Å². The van der Waals surface area contributed by atoms with Crippen molar-refractivity contribution in [1.29, 1.82) is 0 Å². The van der Waals surface area contributed by atoms with Gasteiger partial charge in [-0.3, -0.25) is 34.5 Å². The summed E-state index contributed by atoms with van der Waals surface area (Å²) in [5, 5.41) is 19.8. The minimum absolute atomic E-state index is 0.0230. The number of rotatable bonds is 8. The third-order valence-corrected chi connectivity index (χ3v) is 12.2. The smallest absolute Gasteiger partial charge is 0.259 e. The molecule has 14 nitrogen and oxygen atoms in total. The Morgan fingerprint density at radius 2 is 1.85 bits per heavy atom. The molecule has 4 atom stereocenters. The van der Waals surface area contributed by atoms with Gasteiger partial charge in [-0.2, -0.15) is 0 Å². The third-order valence-electron chi connectivity index (χ3n) is 12.2. The van der Waals surface area contributed by atoms with E-state index in [1.807, 2.05) is 40.0 Å². The number of likely N-dealkylation sites (N-methyl/N-ethyl adjacent to an activating group) is 1. The minimum Gasteiger partial charge on any atom is -0.508 e. The number of hydrazine groups is 1. The van der Waals surface area contributed by atoms with Crippen LogP contribution < -0.4 is 16.1 Å². The van der Waals surface area contributed by atoms with Crippen molar-refractivity contribution in [3.63, 3.8) is 0 Å². The quantitative estimate of drug-likeness (QED) is 0.196. The number of methoxy groups -OCH3 is 1. The number of ether oxygens (including phenoxy) is 1. The average molecular weight is 821 g/mol. The van der Waals surface area contributed by atoms with Crippen LogP contribution in [0.2, 0.25) is 0 Å². The van der Waals surface area contributed by atoms with Gasteiger partial charge in [0.2, 0.25) is 17.7 Å². The van der Waals surface area contributed by atoms with Crippen LogP contribution in [0, 0.1) is 11.3 Å². The summed E-state index contributed by atoms with van der Waals surface area (Å²) in [5.74, 6) is -1.37. The van der Waals surface area contributed by atoms with Crippen LogP contribution >= 0.6 is 0 Å². The van der Waals surface area contributed by atoms with Crippen molar-refractivity contribution in [2.45, 2.75) is 98.0 Å². The Morgan fingerprint density at radius 3 is 2.55 bits per heavy atom. The van der Waals surface area contributed by atoms with Crippen LogP contribution in [-0.2, 0) is 43.3 Å². The molecule has 0 spiro atoms. The summed E-state index contributed by atoms with van der Waals surface area (Å²) in [4.78, 5) is 63.9. The number of aryl methyl sites for hydroxylation is 1. The Kier molecular flexibility index (Phi) is 12.4. The van der Waals surface area contributed by atoms with Crippen molar-refractivity contribution in [2.24, 2.45) is 11.3 Å². The van der Waals surface area contributed by atoms with Gasteiger partial charge in [-0.05, 0) is 103 Å². The molecule has 7 rings (SSSR count). The zero-order valence-corrected chi connectivity index (χ0v) is 36.2. The first-order valence-electron chi connectivity index (χ1n) is 21.2. The van der Waals surface area contributed by atoms with E-state index >= 15 is 0 Å². The van der Waals surface area contributed by atoms with Gasteiger partial charge in [0.1, 0.15) is 23.9 Å². The molecule has 320 valence electrons. The molecule has 2 saturated heterocycles. The van der Waals surface area contributed by atoms with E-state index in [2.05, 4.69) is 65.7 Å². The summed E-state index contributed by atoms with van der Waals surface area (Å²) in [7, 11) is 3.51. The van der Waals surface area contributed by atoms with Crippen LogP contribution in [0.15, 0.2) is 54.7 Å². The van der Waals surface area contributed by atoms with E-state index in [4.69, 9.17) is 9.72 Å². The van der Waals surface area contributed by atoms with E-state index in [1.165, 1.54) is 9.91 Å². The zero-order chi connectivity index (χ0) is 43.0. The number of aromatic nitrogens is 2. The molecular weight excluding hydrogens is 761 g/mol. The topological polar surface area (TPSA) is 161 Å². The van der Waals surface area contributed by atoms with E-state index in [0.717, 1.165) is 44.5 Å². The predicted octanol–water partition coefficient (Wildman–Crippen LogP) is 4.78. The first-order chi connectivity index (χ1) is 28.6. The fourth-order valence-electron chi connectivity index (χ4n) is 9.49. The van der Waals surface area contributed by atoms with Crippen molar-refractivity contribution in [3.05, 3.63) is 71.5 Å². The number of nitrogens with zero attached hydrogens (tertiary/aromatic N) is 5. The second kappa shape index (κ2) is 17.3. The van der Waals surface area contributed by atoms with E-state index < -0.39 is 35.4 Å². The number of carbonyl (C=O) groups is 4. The highest BCUT2D eigenvalue weighted by Crippen LogP contribution is 2.42. The lowest BCUT2D eigenvalue weighted by molar-refractivity contribution is -0.147. The maximum atomic E-state index is 14.6. The molecule has 3 aliphatic rings. The predicted molar refractivity (Wildman–Crippen MR) is 230 cm³/mol. The number of amides is 4. The van der Waals surface area contributed by atoms with Crippen molar-refractivity contribution < 1.29 is 29.0 Å². The second-order valence-corrected chi connectivity index (χ2v) is 17.8. The molecule has 4 aromatic rings. The number of phenolic OH excluding ortho intramolecular Hbond substituents is 1. The molecule has 4 N–H and O–H groups in total. The first-order valence-corrected chi connectivity index (χ1v) is 21.2. The maximum Gasteiger partial charge on any atom is 0.259 e. The summed E-state index contributed by atoms with van der Waals surface area (Å²) in [6.07, 6.45) is 3.35. The molecule has 4 amide bonds. The molecule has 0 unspecified atom stereocenters.